The van der Waals surface area contributed by atoms with E-state index < -0.39 is 17.2 Å². The number of benzene rings is 1. The Kier molecular flexibility index (Phi) is 6.45. The van der Waals surface area contributed by atoms with Crippen LogP contribution < -0.4 is 9.80 Å². The highest BCUT2D eigenvalue weighted by molar-refractivity contribution is 6.01. The summed E-state index contributed by atoms with van der Waals surface area (Å²) in [5.41, 5.74) is 1.36. The highest BCUT2D eigenvalue weighted by Crippen LogP contribution is 2.39. The zero-order chi connectivity index (χ0) is 26.5. The molecule has 5 rings (SSSR count). The average Bonchev–Trinajstić information content (AvgIpc) is 3.49. The van der Waals surface area contributed by atoms with Crippen LogP contribution in [0.3, 0.4) is 0 Å². The lowest BCUT2D eigenvalue weighted by Crippen LogP contribution is -2.54. The van der Waals surface area contributed by atoms with Gasteiger partial charge in [-0.25, -0.2) is 23.5 Å². The van der Waals surface area contributed by atoms with Crippen molar-refractivity contribution in [3.63, 3.8) is 0 Å². The van der Waals surface area contributed by atoms with E-state index in [0.29, 0.717) is 31.0 Å². The Bertz CT molecular complexity index is 1310. The van der Waals surface area contributed by atoms with E-state index in [-0.39, 0.29) is 17.7 Å². The summed E-state index contributed by atoms with van der Waals surface area (Å²) in [4.78, 5) is 28.1. The van der Waals surface area contributed by atoms with E-state index in [9.17, 15) is 13.6 Å². The third kappa shape index (κ3) is 4.81. The molecule has 0 N–H and O–H groups in total. The first-order chi connectivity index (χ1) is 17.5. The fraction of sp³-hybridized carbons (Fsp3) is 0.519. The van der Waals surface area contributed by atoms with Crippen LogP contribution in [0.25, 0.3) is 16.7 Å². The maximum absolute atomic E-state index is 14.5. The molecule has 37 heavy (non-hydrogen) atoms. The number of nitrogens with zero attached hydrogens (tertiary/aromatic N) is 6. The molecule has 0 unspecified atom stereocenters. The Hall–Kier alpha value is -3.43. The summed E-state index contributed by atoms with van der Waals surface area (Å²) in [6.07, 6.45) is 5.25. The van der Waals surface area contributed by atoms with Gasteiger partial charge in [-0.05, 0) is 59.6 Å². The number of fused-ring (bicyclic) bond motifs is 1. The molecule has 0 aliphatic carbocycles. The van der Waals surface area contributed by atoms with Gasteiger partial charge in [0.15, 0.2) is 5.65 Å². The lowest BCUT2D eigenvalue weighted by atomic mass is 10.1. The lowest BCUT2D eigenvalue weighted by Gasteiger charge is -2.41. The number of carbonyl (C=O) groups is 1. The maximum atomic E-state index is 14.5. The first-order valence-corrected chi connectivity index (χ1v) is 12.8. The summed E-state index contributed by atoms with van der Waals surface area (Å²) in [5.74, 6) is -0.434. The largest absolute Gasteiger partial charge is 0.444 e. The Balaban J connectivity index is 1.56. The lowest BCUT2D eigenvalue weighted by molar-refractivity contribution is 0.0218. The van der Waals surface area contributed by atoms with Crippen molar-refractivity contribution in [2.75, 3.05) is 42.5 Å². The molecule has 4 heterocycles. The minimum atomic E-state index is -0.597. The van der Waals surface area contributed by atoms with Crippen molar-refractivity contribution < 1.29 is 18.3 Å². The number of amides is 1. The van der Waals surface area contributed by atoms with Crippen LogP contribution in [-0.4, -0.2) is 69.9 Å². The van der Waals surface area contributed by atoms with Gasteiger partial charge in [-0.15, -0.1) is 0 Å². The third-order valence-electron chi connectivity index (χ3n) is 7.08. The average molecular weight is 513 g/mol. The van der Waals surface area contributed by atoms with Crippen molar-refractivity contribution in [3.05, 3.63) is 41.9 Å². The molecule has 2 aliphatic heterocycles. The molecule has 1 aromatic carbocycles. The van der Waals surface area contributed by atoms with Crippen LogP contribution in [0.4, 0.5) is 25.1 Å². The number of anilines is 2. The van der Waals surface area contributed by atoms with Crippen molar-refractivity contribution >= 4 is 28.6 Å². The minimum Gasteiger partial charge on any atom is -0.444 e. The molecule has 198 valence electrons. The number of hydrogen-bond acceptors (Lipinski definition) is 6. The van der Waals surface area contributed by atoms with Crippen LogP contribution in [0, 0.1) is 18.6 Å². The van der Waals surface area contributed by atoms with E-state index in [0.717, 1.165) is 42.8 Å². The molecule has 2 aromatic heterocycles. The third-order valence-corrected chi connectivity index (χ3v) is 7.08. The summed E-state index contributed by atoms with van der Waals surface area (Å²) in [5, 5.41) is 0.850. The summed E-state index contributed by atoms with van der Waals surface area (Å²) in [6.45, 7) is 12.4. The second kappa shape index (κ2) is 9.46. The highest BCUT2D eigenvalue weighted by Gasteiger charge is 2.33. The molecule has 3 aromatic rings. The molecule has 0 bridgehead atoms. The number of hydrogen-bond donors (Lipinski definition) is 0. The van der Waals surface area contributed by atoms with Gasteiger partial charge in [0, 0.05) is 50.5 Å². The van der Waals surface area contributed by atoms with Crippen LogP contribution in [0.1, 0.15) is 46.1 Å². The Morgan fingerprint density at radius 2 is 1.73 bits per heavy atom. The van der Waals surface area contributed by atoms with E-state index in [1.165, 1.54) is 25.4 Å². The second-order valence-electron chi connectivity index (χ2n) is 11.0. The second-order valence-corrected chi connectivity index (χ2v) is 11.0. The molecule has 2 aliphatic rings. The predicted molar refractivity (Wildman–Crippen MR) is 140 cm³/mol. The van der Waals surface area contributed by atoms with Gasteiger partial charge in [-0.1, -0.05) is 0 Å². The molecule has 10 heteroatoms. The highest BCUT2D eigenvalue weighted by atomic mass is 19.1. The molecule has 0 radical (unpaired) electrons. The summed E-state index contributed by atoms with van der Waals surface area (Å²) >= 11 is 0. The summed E-state index contributed by atoms with van der Waals surface area (Å²) in [6, 6.07) is 2.66. The Morgan fingerprint density at radius 1 is 1.05 bits per heavy atom. The smallest absolute Gasteiger partial charge is 0.410 e. The van der Waals surface area contributed by atoms with Crippen molar-refractivity contribution in [3.8, 4) is 5.69 Å². The number of carbonyl (C=O) groups excluding carboxylic acids is 1. The number of halogens is 2. The predicted octanol–water partition coefficient (Wildman–Crippen LogP) is 5.05. The number of rotatable bonds is 3. The van der Waals surface area contributed by atoms with Crippen LogP contribution in [-0.2, 0) is 4.74 Å². The van der Waals surface area contributed by atoms with E-state index >= 15 is 0 Å². The van der Waals surface area contributed by atoms with Gasteiger partial charge in [0.25, 0.3) is 0 Å². The van der Waals surface area contributed by atoms with Crippen LogP contribution in [0.2, 0.25) is 0 Å². The van der Waals surface area contributed by atoms with Gasteiger partial charge in [-0.2, -0.15) is 0 Å². The van der Waals surface area contributed by atoms with E-state index in [1.807, 2.05) is 27.0 Å². The molecule has 8 nitrogen and oxygen atoms in total. The Morgan fingerprint density at radius 3 is 2.35 bits per heavy atom. The van der Waals surface area contributed by atoms with Gasteiger partial charge in [0.1, 0.15) is 29.4 Å². The first-order valence-electron chi connectivity index (χ1n) is 12.8. The molecular formula is C27H34F2N6O2. The molecule has 0 saturated carbocycles. The fourth-order valence-corrected chi connectivity index (χ4v) is 5.18. The van der Waals surface area contributed by atoms with Crippen molar-refractivity contribution in [2.24, 2.45) is 0 Å². The minimum absolute atomic E-state index is 0.00743. The summed E-state index contributed by atoms with van der Waals surface area (Å²) in [7, 11) is 0. The van der Waals surface area contributed by atoms with Gasteiger partial charge in [0.2, 0.25) is 0 Å². The van der Waals surface area contributed by atoms with Crippen molar-refractivity contribution in [1.29, 1.82) is 0 Å². The standard InChI is InChI=1S/C27H34F2N6O2/c1-17-14-33(26(36)37-27(3,4)5)10-11-34(17)24-23-22(32-8-6-7-9-32)15-35(25(23)31-16-30-24)19-12-20(28)18(2)21(29)13-19/h12-13,15-17H,6-11,14H2,1-5H3/t17-/m0/s1. The molecule has 2 fully saturated rings. The van der Waals surface area contributed by atoms with Crippen LogP contribution in [0.15, 0.2) is 24.7 Å². The zero-order valence-corrected chi connectivity index (χ0v) is 22.1. The number of ether oxygens (including phenoxy) is 1. The molecule has 1 amide bonds. The zero-order valence-electron chi connectivity index (χ0n) is 22.1. The maximum Gasteiger partial charge on any atom is 0.410 e. The summed E-state index contributed by atoms with van der Waals surface area (Å²) < 4.78 is 36.4. The van der Waals surface area contributed by atoms with Crippen molar-refractivity contribution in [2.45, 2.75) is 59.1 Å². The molecule has 2 saturated heterocycles. The monoisotopic (exact) mass is 512 g/mol. The van der Waals surface area contributed by atoms with Gasteiger partial charge in [-0.3, -0.25) is 4.57 Å². The molecule has 0 spiro atoms. The molecular weight excluding hydrogens is 478 g/mol. The number of piperazine rings is 1. The quantitative estimate of drug-likeness (QED) is 0.489. The number of aromatic nitrogens is 3. The van der Waals surface area contributed by atoms with E-state index in [4.69, 9.17) is 9.72 Å². The SMILES string of the molecule is Cc1c(F)cc(-n2cc(N3CCCC3)c3c(N4CCN(C(=O)OC(C)(C)C)C[C@@H]4C)ncnc32)cc1F. The Labute approximate surface area is 215 Å². The van der Waals surface area contributed by atoms with Crippen LogP contribution in [0.5, 0.6) is 0 Å². The van der Waals surface area contributed by atoms with Crippen molar-refractivity contribution in [1.82, 2.24) is 19.4 Å². The van der Waals surface area contributed by atoms with Gasteiger partial charge >= 0.3 is 6.09 Å². The van der Waals surface area contributed by atoms with E-state index in [1.54, 1.807) is 9.47 Å². The van der Waals surface area contributed by atoms with E-state index in [2.05, 4.69) is 21.7 Å². The fourth-order valence-electron chi connectivity index (χ4n) is 5.18. The topological polar surface area (TPSA) is 66.7 Å². The van der Waals surface area contributed by atoms with Gasteiger partial charge < -0.3 is 19.4 Å². The van der Waals surface area contributed by atoms with Crippen LogP contribution >= 0.6 is 0 Å². The molecule has 1 atom stereocenters. The van der Waals surface area contributed by atoms with Gasteiger partial charge in [0.05, 0.1) is 16.8 Å². The normalized spacial score (nSPS) is 18.7. The first kappa shape index (κ1) is 25.2.